The fourth-order valence-electron chi connectivity index (χ4n) is 2.90. The van der Waals surface area contributed by atoms with Gasteiger partial charge in [0, 0.05) is 10.0 Å². The largest absolute Gasteiger partial charge is 0.319 e. The monoisotopic (exact) mass is 271 g/mol. The standard InChI is InChI=1S/C14H19Cl2N/c1-17-9-11-5-2-4-10(11)8-12-13(15)6-3-7-14(12)16/h3,6-7,10-11,17H,2,4-5,8-9H2,1H3. The van der Waals surface area contributed by atoms with Gasteiger partial charge in [0.25, 0.3) is 0 Å². The molecule has 0 heterocycles. The summed E-state index contributed by atoms with van der Waals surface area (Å²) in [5.74, 6) is 1.49. The number of hydrogen-bond acceptors (Lipinski definition) is 1. The summed E-state index contributed by atoms with van der Waals surface area (Å²) in [5, 5.41) is 4.91. The van der Waals surface area contributed by atoms with Crippen LogP contribution >= 0.6 is 23.2 Å². The highest BCUT2D eigenvalue weighted by Crippen LogP contribution is 2.37. The second-order valence-corrected chi connectivity index (χ2v) is 5.73. The van der Waals surface area contributed by atoms with E-state index in [1.807, 2.05) is 25.2 Å². The molecule has 1 aromatic carbocycles. The third-order valence-electron chi connectivity index (χ3n) is 3.81. The highest BCUT2D eigenvalue weighted by atomic mass is 35.5. The summed E-state index contributed by atoms with van der Waals surface area (Å²) in [6.07, 6.45) is 4.98. The minimum Gasteiger partial charge on any atom is -0.319 e. The molecule has 0 spiro atoms. The molecule has 1 fully saturated rings. The van der Waals surface area contributed by atoms with Crippen LogP contribution in [-0.4, -0.2) is 13.6 Å². The van der Waals surface area contributed by atoms with Gasteiger partial charge in [-0.1, -0.05) is 35.7 Å². The summed E-state index contributed by atoms with van der Waals surface area (Å²) in [6, 6.07) is 5.78. The van der Waals surface area contributed by atoms with Gasteiger partial charge < -0.3 is 5.32 Å². The van der Waals surface area contributed by atoms with E-state index in [0.717, 1.165) is 40.4 Å². The van der Waals surface area contributed by atoms with Crippen molar-refractivity contribution < 1.29 is 0 Å². The van der Waals surface area contributed by atoms with Crippen molar-refractivity contribution >= 4 is 23.2 Å². The van der Waals surface area contributed by atoms with Crippen LogP contribution in [0, 0.1) is 11.8 Å². The van der Waals surface area contributed by atoms with Gasteiger partial charge in [-0.2, -0.15) is 0 Å². The highest BCUT2D eigenvalue weighted by Gasteiger charge is 2.27. The van der Waals surface area contributed by atoms with Gasteiger partial charge in [-0.3, -0.25) is 0 Å². The highest BCUT2D eigenvalue weighted by molar-refractivity contribution is 6.35. The molecule has 0 bridgehead atoms. The average molecular weight is 272 g/mol. The van der Waals surface area contributed by atoms with E-state index in [4.69, 9.17) is 23.2 Å². The zero-order valence-electron chi connectivity index (χ0n) is 10.2. The second-order valence-electron chi connectivity index (χ2n) is 4.91. The van der Waals surface area contributed by atoms with Crippen LogP contribution in [0.4, 0.5) is 0 Å². The Morgan fingerprint density at radius 1 is 1.18 bits per heavy atom. The molecule has 1 saturated carbocycles. The predicted octanol–water partition coefficient (Wildman–Crippen LogP) is 4.17. The molecular weight excluding hydrogens is 253 g/mol. The van der Waals surface area contributed by atoms with Gasteiger partial charge in [-0.05, 0) is 62.4 Å². The van der Waals surface area contributed by atoms with Gasteiger partial charge in [0.15, 0.2) is 0 Å². The molecule has 1 aromatic rings. The summed E-state index contributed by atoms with van der Waals surface area (Å²) >= 11 is 12.5. The molecular formula is C14H19Cl2N. The first-order valence-electron chi connectivity index (χ1n) is 6.30. The zero-order valence-corrected chi connectivity index (χ0v) is 11.7. The topological polar surface area (TPSA) is 12.0 Å². The molecule has 17 heavy (non-hydrogen) atoms. The Bertz CT molecular complexity index is 358. The second kappa shape index (κ2) is 6.08. The maximum Gasteiger partial charge on any atom is 0.0452 e. The summed E-state index contributed by atoms with van der Waals surface area (Å²) in [7, 11) is 2.03. The molecule has 1 aliphatic rings. The lowest BCUT2D eigenvalue weighted by Crippen LogP contribution is -2.23. The SMILES string of the molecule is CNCC1CCCC1Cc1c(Cl)cccc1Cl. The quantitative estimate of drug-likeness (QED) is 0.867. The van der Waals surface area contributed by atoms with Crippen LogP contribution in [0.15, 0.2) is 18.2 Å². The molecule has 1 N–H and O–H groups in total. The van der Waals surface area contributed by atoms with Gasteiger partial charge in [0.05, 0.1) is 0 Å². The van der Waals surface area contributed by atoms with Crippen molar-refractivity contribution in [3.63, 3.8) is 0 Å². The van der Waals surface area contributed by atoms with Crippen LogP contribution in [-0.2, 0) is 6.42 Å². The Kier molecular flexibility index (Phi) is 4.72. The minimum absolute atomic E-state index is 0.722. The van der Waals surface area contributed by atoms with Gasteiger partial charge >= 0.3 is 0 Å². The van der Waals surface area contributed by atoms with Crippen LogP contribution in [0.5, 0.6) is 0 Å². The van der Waals surface area contributed by atoms with E-state index in [2.05, 4.69) is 5.32 Å². The molecule has 3 heteroatoms. The smallest absolute Gasteiger partial charge is 0.0452 e. The molecule has 0 amide bonds. The third kappa shape index (κ3) is 3.15. The molecule has 94 valence electrons. The maximum atomic E-state index is 6.23. The number of nitrogens with one attached hydrogen (secondary N) is 1. The first kappa shape index (κ1) is 13.2. The van der Waals surface area contributed by atoms with Crippen LogP contribution < -0.4 is 5.32 Å². The molecule has 2 rings (SSSR count). The lowest BCUT2D eigenvalue weighted by atomic mass is 9.89. The zero-order chi connectivity index (χ0) is 12.3. The minimum atomic E-state index is 0.722. The van der Waals surface area contributed by atoms with Gasteiger partial charge in [0.1, 0.15) is 0 Å². The Balaban J connectivity index is 2.09. The summed E-state index contributed by atoms with van der Waals surface area (Å²) < 4.78 is 0. The fourth-order valence-corrected chi connectivity index (χ4v) is 3.45. The lowest BCUT2D eigenvalue weighted by molar-refractivity contribution is 0.374. The molecule has 0 aliphatic heterocycles. The lowest BCUT2D eigenvalue weighted by Gasteiger charge is -2.20. The number of hydrogen-bond donors (Lipinski definition) is 1. The van der Waals surface area contributed by atoms with E-state index < -0.39 is 0 Å². The first-order chi connectivity index (χ1) is 8.22. The van der Waals surface area contributed by atoms with Crippen molar-refractivity contribution in [1.29, 1.82) is 0 Å². The van der Waals surface area contributed by atoms with Crippen molar-refractivity contribution in [2.75, 3.05) is 13.6 Å². The normalized spacial score (nSPS) is 24.2. The van der Waals surface area contributed by atoms with Crippen molar-refractivity contribution in [3.05, 3.63) is 33.8 Å². The van der Waals surface area contributed by atoms with Crippen molar-refractivity contribution in [1.82, 2.24) is 5.32 Å². The average Bonchev–Trinajstić information content (AvgIpc) is 2.72. The van der Waals surface area contributed by atoms with Crippen molar-refractivity contribution in [2.24, 2.45) is 11.8 Å². The summed E-state index contributed by atoms with van der Waals surface area (Å²) in [6.45, 7) is 1.10. The Hall–Kier alpha value is -0.240. The Morgan fingerprint density at radius 2 is 1.82 bits per heavy atom. The fraction of sp³-hybridized carbons (Fsp3) is 0.571. The van der Waals surface area contributed by atoms with Crippen LogP contribution in [0.1, 0.15) is 24.8 Å². The number of halogens is 2. The Morgan fingerprint density at radius 3 is 2.47 bits per heavy atom. The van der Waals surface area contributed by atoms with Crippen LogP contribution in [0.2, 0.25) is 10.0 Å². The molecule has 1 nitrogen and oxygen atoms in total. The third-order valence-corrected chi connectivity index (χ3v) is 4.52. The number of benzene rings is 1. The number of rotatable bonds is 4. The molecule has 2 atom stereocenters. The molecule has 1 aliphatic carbocycles. The van der Waals surface area contributed by atoms with E-state index >= 15 is 0 Å². The van der Waals surface area contributed by atoms with Crippen molar-refractivity contribution in [3.8, 4) is 0 Å². The summed E-state index contributed by atoms with van der Waals surface area (Å²) in [4.78, 5) is 0. The van der Waals surface area contributed by atoms with Crippen LogP contribution in [0.25, 0.3) is 0 Å². The van der Waals surface area contributed by atoms with Gasteiger partial charge in [0.2, 0.25) is 0 Å². The molecule has 0 aromatic heterocycles. The van der Waals surface area contributed by atoms with Crippen LogP contribution in [0.3, 0.4) is 0 Å². The van der Waals surface area contributed by atoms with Crippen molar-refractivity contribution in [2.45, 2.75) is 25.7 Å². The molecule has 2 unspecified atom stereocenters. The summed E-state index contributed by atoms with van der Waals surface area (Å²) in [5.41, 5.74) is 1.13. The van der Waals surface area contributed by atoms with E-state index in [1.54, 1.807) is 0 Å². The molecule has 0 saturated heterocycles. The van der Waals surface area contributed by atoms with Gasteiger partial charge in [-0.25, -0.2) is 0 Å². The Labute approximate surface area is 114 Å². The maximum absolute atomic E-state index is 6.23. The van der Waals surface area contributed by atoms with E-state index in [9.17, 15) is 0 Å². The van der Waals surface area contributed by atoms with E-state index in [-0.39, 0.29) is 0 Å². The predicted molar refractivity (Wildman–Crippen MR) is 74.9 cm³/mol. The van der Waals surface area contributed by atoms with E-state index in [1.165, 1.54) is 19.3 Å². The van der Waals surface area contributed by atoms with Gasteiger partial charge in [-0.15, -0.1) is 0 Å². The van der Waals surface area contributed by atoms with E-state index in [0.29, 0.717) is 0 Å². The molecule has 0 radical (unpaired) electrons. The first-order valence-corrected chi connectivity index (χ1v) is 7.05.